The highest BCUT2D eigenvalue weighted by atomic mass is 16.5. The van der Waals surface area contributed by atoms with Gasteiger partial charge in [-0.3, -0.25) is 4.79 Å². The molecule has 3 aromatic carbocycles. The Hall–Kier alpha value is -3.47. The molecule has 3 aromatic rings. The number of carbonyl (C=O) groups excluding carboxylic acids is 1. The van der Waals surface area contributed by atoms with E-state index in [1.54, 1.807) is 52.7 Å². The molecule has 0 bridgehead atoms. The summed E-state index contributed by atoms with van der Waals surface area (Å²) in [5.74, 6) is 2.20. The zero-order chi connectivity index (χ0) is 20.1. The first-order valence-corrected chi connectivity index (χ1v) is 8.71. The Kier molecular flexibility index (Phi) is 5.84. The van der Waals surface area contributed by atoms with Gasteiger partial charge in [-0.1, -0.05) is 30.3 Å². The van der Waals surface area contributed by atoms with E-state index in [1.165, 1.54) is 6.08 Å². The van der Waals surface area contributed by atoms with E-state index in [2.05, 4.69) is 0 Å². The van der Waals surface area contributed by atoms with Gasteiger partial charge in [0.25, 0.3) is 0 Å². The molecule has 144 valence electrons. The maximum absolute atomic E-state index is 12.8. The molecule has 0 aliphatic heterocycles. The van der Waals surface area contributed by atoms with Crippen molar-refractivity contribution < 1.29 is 23.7 Å². The second kappa shape index (κ2) is 8.48. The summed E-state index contributed by atoms with van der Waals surface area (Å²) in [5.41, 5.74) is 1.38. The average molecular weight is 378 g/mol. The van der Waals surface area contributed by atoms with Gasteiger partial charge in [0.05, 0.1) is 28.4 Å². The van der Waals surface area contributed by atoms with Crippen LogP contribution in [0.4, 0.5) is 0 Å². The Bertz CT molecular complexity index is 1010. The number of carbonyl (C=O) groups is 1. The van der Waals surface area contributed by atoms with E-state index in [0.29, 0.717) is 22.8 Å². The van der Waals surface area contributed by atoms with Gasteiger partial charge in [0.1, 0.15) is 5.75 Å². The zero-order valence-electron chi connectivity index (χ0n) is 16.3. The summed E-state index contributed by atoms with van der Waals surface area (Å²) in [7, 11) is 6.28. The lowest BCUT2D eigenvalue weighted by atomic mass is 10.00. The molecule has 0 saturated heterocycles. The van der Waals surface area contributed by atoms with Crippen LogP contribution in [0.25, 0.3) is 16.8 Å². The third-order valence-electron chi connectivity index (χ3n) is 4.48. The van der Waals surface area contributed by atoms with Crippen molar-refractivity contribution in [3.63, 3.8) is 0 Å². The van der Waals surface area contributed by atoms with Crippen LogP contribution in [0.2, 0.25) is 0 Å². The second-order valence-electron chi connectivity index (χ2n) is 6.02. The van der Waals surface area contributed by atoms with E-state index in [9.17, 15) is 4.79 Å². The Labute approximate surface area is 164 Å². The highest BCUT2D eigenvalue weighted by Gasteiger charge is 2.13. The van der Waals surface area contributed by atoms with E-state index in [0.717, 1.165) is 22.1 Å². The molecule has 0 fully saturated rings. The summed E-state index contributed by atoms with van der Waals surface area (Å²) in [5, 5.41) is 1.75. The van der Waals surface area contributed by atoms with Crippen molar-refractivity contribution in [2.24, 2.45) is 0 Å². The summed E-state index contributed by atoms with van der Waals surface area (Å²) < 4.78 is 21.4. The monoisotopic (exact) mass is 378 g/mol. The van der Waals surface area contributed by atoms with Gasteiger partial charge >= 0.3 is 0 Å². The molecule has 5 nitrogen and oxygen atoms in total. The first kappa shape index (κ1) is 19.3. The number of ketones is 1. The van der Waals surface area contributed by atoms with Gasteiger partial charge in [-0.05, 0) is 41.3 Å². The Balaban J connectivity index is 1.98. The molecule has 0 atom stereocenters. The number of allylic oxidation sites excluding steroid dienone is 1. The van der Waals surface area contributed by atoms with Crippen molar-refractivity contribution in [2.45, 2.75) is 0 Å². The second-order valence-corrected chi connectivity index (χ2v) is 6.02. The van der Waals surface area contributed by atoms with Gasteiger partial charge < -0.3 is 18.9 Å². The highest BCUT2D eigenvalue weighted by molar-refractivity contribution is 6.15. The molecule has 0 unspecified atom stereocenters. The molecule has 0 heterocycles. The number of ether oxygens (including phenoxy) is 4. The lowest BCUT2D eigenvalue weighted by molar-refractivity contribution is 0.104. The van der Waals surface area contributed by atoms with E-state index in [4.69, 9.17) is 18.9 Å². The van der Waals surface area contributed by atoms with Crippen molar-refractivity contribution in [3.05, 3.63) is 65.7 Å². The predicted octanol–water partition coefficient (Wildman–Crippen LogP) is 4.77. The number of methoxy groups -OCH3 is 4. The summed E-state index contributed by atoms with van der Waals surface area (Å²) in [6.07, 6.45) is 3.26. The fourth-order valence-corrected chi connectivity index (χ4v) is 3.12. The SMILES string of the molecule is COc1cc(/C=C/C(=O)c2ccc(OC)c3ccccc23)cc(OC)c1OC. The molecule has 0 N–H and O–H groups in total. The average Bonchev–Trinajstić information content (AvgIpc) is 2.75. The molecule has 5 heteroatoms. The van der Waals surface area contributed by atoms with Gasteiger partial charge in [-0.15, -0.1) is 0 Å². The Morgan fingerprint density at radius 3 is 1.93 bits per heavy atom. The summed E-state index contributed by atoms with van der Waals surface area (Å²) >= 11 is 0. The lowest BCUT2D eigenvalue weighted by Gasteiger charge is -2.12. The Morgan fingerprint density at radius 1 is 0.750 bits per heavy atom. The molecule has 0 spiro atoms. The normalized spacial score (nSPS) is 10.9. The molecule has 0 amide bonds. The van der Waals surface area contributed by atoms with Crippen LogP contribution in [0, 0.1) is 0 Å². The number of hydrogen-bond donors (Lipinski definition) is 0. The number of rotatable bonds is 7. The molecule has 0 aliphatic rings. The van der Waals surface area contributed by atoms with Gasteiger partial charge in [0.2, 0.25) is 5.75 Å². The van der Waals surface area contributed by atoms with Crippen molar-refractivity contribution in [2.75, 3.05) is 28.4 Å². The topological polar surface area (TPSA) is 54.0 Å². The largest absolute Gasteiger partial charge is 0.496 e. The quantitative estimate of drug-likeness (QED) is 0.438. The van der Waals surface area contributed by atoms with Crippen LogP contribution in [0.5, 0.6) is 23.0 Å². The molecule has 0 saturated carbocycles. The molecular weight excluding hydrogens is 356 g/mol. The molecule has 28 heavy (non-hydrogen) atoms. The summed E-state index contributed by atoms with van der Waals surface area (Å²) in [6.45, 7) is 0. The minimum absolute atomic E-state index is 0.104. The van der Waals surface area contributed by atoms with E-state index >= 15 is 0 Å². The molecule has 0 radical (unpaired) electrons. The van der Waals surface area contributed by atoms with Crippen molar-refractivity contribution in [1.29, 1.82) is 0 Å². The van der Waals surface area contributed by atoms with E-state index in [-0.39, 0.29) is 5.78 Å². The smallest absolute Gasteiger partial charge is 0.203 e. The van der Waals surface area contributed by atoms with Crippen LogP contribution in [0.1, 0.15) is 15.9 Å². The van der Waals surface area contributed by atoms with Gasteiger partial charge in [-0.25, -0.2) is 0 Å². The number of hydrogen-bond acceptors (Lipinski definition) is 5. The first-order valence-electron chi connectivity index (χ1n) is 8.71. The molecule has 3 rings (SSSR count). The predicted molar refractivity (Wildman–Crippen MR) is 110 cm³/mol. The highest BCUT2D eigenvalue weighted by Crippen LogP contribution is 2.38. The van der Waals surface area contributed by atoms with Crippen LogP contribution in [-0.2, 0) is 0 Å². The van der Waals surface area contributed by atoms with Crippen LogP contribution < -0.4 is 18.9 Å². The maximum Gasteiger partial charge on any atom is 0.203 e. The summed E-state index contributed by atoms with van der Waals surface area (Å²) in [6, 6.07) is 14.8. The minimum atomic E-state index is -0.104. The van der Waals surface area contributed by atoms with Crippen molar-refractivity contribution in [3.8, 4) is 23.0 Å². The fraction of sp³-hybridized carbons (Fsp3) is 0.174. The third-order valence-corrected chi connectivity index (χ3v) is 4.48. The fourth-order valence-electron chi connectivity index (χ4n) is 3.12. The third kappa shape index (κ3) is 3.64. The van der Waals surface area contributed by atoms with E-state index in [1.807, 2.05) is 30.3 Å². The molecule has 0 aliphatic carbocycles. The minimum Gasteiger partial charge on any atom is -0.496 e. The van der Waals surface area contributed by atoms with Gasteiger partial charge in [0.15, 0.2) is 17.3 Å². The van der Waals surface area contributed by atoms with Crippen LogP contribution in [-0.4, -0.2) is 34.2 Å². The Morgan fingerprint density at radius 2 is 1.36 bits per heavy atom. The van der Waals surface area contributed by atoms with Crippen molar-refractivity contribution >= 4 is 22.6 Å². The van der Waals surface area contributed by atoms with E-state index < -0.39 is 0 Å². The number of benzene rings is 3. The summed E-state index contributed by atoms with van der Waals surface area (Å²) in [4.78, 5) is 12.8. The van der Waals surface area contributed by atoms with Crippen LogP contribution >= 0.6 is 0 Å². The lowest BCUT2D eigenvalue weighted by Crippen LogP contribution is -1.98. The zero-order valence-corrected chi connectivity index (χ0v) is 16.3. The first-order chi connectivity index (χ1) is 13.6. The van der Waals surface area contributed by atoms with Gasteiger partial charge in [0, 0.05) is 10.9 Å². The maximum atomic E-state index is 12.8. The van der Waals surface area contributed by atoms with Crippen LogP contribution in [0.3, 0.4) is 0 Å². The van der Waals surface area contributed by atoms with Gasteiger partial charge in [-0.2, -0.15) is 0 Å². The number of fused-ring (bicyclic) bond motifs is 1. The van der Waals surface area contributed by atoms with Crippen LogP contribution in [0.15, 0.2) is 54.6 Å². The standard InChI is InChI=1S/C23H22O5/c1-25-20-12-10-17(16-7-5-6-8-18(16)20)19(24)11-9-15-13-21(26-2)23(28-4)22(14-15)27-3/h5-14H,1-4H3/b11-9+. The molecule has 0 aromatic heterocycles. The van der Waals surface area contributed by atoms with Crippen molar-refractivity contribution in [1.82, 2.24) is 0 Å². The molecular formula is C23H22O5.